The molecule has 3 heterocycles. The number of aromatic nitrogens is 1. The van der Waals surface area contributed by atoms with Crippen LogP contribution >= 0.6 is 0 Å². The van der Waals surface area contributed by atoms with Crippen LogP contribution in [0.3, 0.4) is 0 Å². The minimum Gasteiger partial charge on any atom is -0.353 e. The second-order valence-electron chi connectivity index (χ2n) is 7.50. The number of rotatable bonds is 5. The molecule has 1 N–H and O–H groups in total. The molecule has 9 nitrogen and oxygen atoms in total. The van der Waals surface area contributed by atoms with Crippen LogP contribution in [0.15, 0.2) is 59.6 Å². The highest BCUT2D eigenvalue weighted by Crippen LogP contribution is 2.22. The Morgan fingerprint density at radius 3 is 2.39 bits per heavy atom. The summed E-state index contributed by atoms with van der Waals surface area (Å²) >= 11 is 0. The molecule has 164 valence electrons. The molecule has 0 aliphatic carbocycles. The maximum Gasteiger partial charge on any atom is 0.243 e. The van der Waals surface area contributed by atoms with Gasteiger partial charge >= 0.3 is 0 Å². The van der Waals surface area contributed by atoms with E-state index in [0.717, 1.165) is 10.1 Å². The smallest absolute Gasteiger partial charge is 0.243 e. The molecule has 2 fully saturated rings. The largest absolute Gasteiger partial charge is 0.353 e. The van der Waals surface area contributed by atoms with Crippen LogP contribution in [0.25, 0.3) is 0 Å². The van der Waals surface area contributed by atoms with Crippen LogP contribution in [0.5, 0.6) is 0 Å². The topological polar surface area (TPSA) is 103 Å². The molecule has 2 aliphatic rings. The Bertz CT molecular complexity index is 1020. The van der Waals surface area contributed by atoms with Crippen molar-refractivity contribution in [1.82, 2.24) is 19.5 Å². The van der Waals surface area contributed by atoms with Crippen LogP contribution in [0.1, 0.15) is 6.42 Å². The lowest BCUT2D eigenvalue weighted by atomic mass is 10.1. The Morgan fingerprint density at radius 2 is 1.71 bits per heavy atom. The van der Waals surface area contributed by atoms with E-state index in [-0.39, 0.29) is 30.3 Å². The average molecular weight is 444 g/mol. The van der Waals surface area contributed by atoms with Gasteiger partial charge in [-0.3, -0.25) is 9.59 Å². The van der Waals surface area contributed by atoms with Crippen molar-refractivity contribution < 1.29 is 18.0 Å². The first kappa shape index (κ1) is 21.3. The van der Waals surface area contributed by atoms with Gasteiger partial charge in [0.1, 0.15) is 11.9 Å². The maximum absolute atomic E-state index is 13.1. The zero-order valence-electron chi connectivity index (χ0n) is 17.1. The predicted molar refractivity (Wildman–Crippen MR) is 115 cm³/mol. The van der Waals surface area contributed by atoms with Crippen LogP contribution < -0.4 is 10.2 Å². The fourth-order valence-corrected chi connectivity index (χ4v) is 5.53. The number of sulfonamides is 1. The highest BCUT2D eigenvalue weighted by molar-refractivity contribution is 7.89. The highest BCUT2D eigenvalue weighted by atomic mass is 32.2. The van der Waals surface area contributed by atoms with E-state index in [1.807, 2.05) is 18.2 Å². The van der Waals surface area contributed by atoms with E-state index < -0.39 is 22.0 Å². The summed E-state index contributed by atoms with van der Waals surface area (Å²) in [7, 11) is -3.88. The molecular formula is C21H25N5O4S. The van der Waals surface area contributed by atoms with Gasteiger partial charge in [-0.25, -0.2) is 13.4 Å². The van der Waals surface area contributed by atoms with Crippen LogP contribution in [-0.2, 0) is 19.6 Å². The van der Waals surface area contributed by atoms with Crippen LogP contribution in [0.4, 0.5) is 5.82 Å². The molecule has 2 saturated heterocycles. The van der Waals surface area contributed by atoms with Crippen LogP contribution in [0, 0.1) is 0 Å². The maximum atomic E-state index is 13.1. The summed E-state index contributed by atoms with van der Waals surface area (Å²) in [6.07, 6.45) is 1.55. The third kappa shape index (κ3) is 4.54. The Morgan fingerprint density at radius 1 is 1.00 bits per heavy atom. The molecule has 10 heteroatoms. The third-order valence-corrected chi connectivity index (χ3v) is 7.53. The molecule has 2 aromatic rings. The van der Waals surface area contributed by atoms with Gasteiger partial charge in [0, 0.05) is 45.5 Å². The average Bonchev–Trinajstić information content (AvgIpc) is 2.81. The summed E-state index contributed by atoms with van der Waals surface area (Å²) in [6, 6.07) is 12.6. The van der Waals surface area contributed by atoms with Gasteiger partial charge in [0.15, 0.2) is 0 Å². The number of carbonyl (C=O) groups is 2. The summed E-state index contributed by atoms with van der Waals surface area (Å²) in [5.41, 5.74) is 0. The van der Waals surface area contributed by atoms with Crippen molar-refractivity contribution in [2.24, 2.45) is 0 Å². The Balaban J connectivity index is 1.44. The summed E-state index contributed by atoms with van der Waals surface area (Å²) in [6.45, 7) is 2.61. The van der Waals surface area contributed by atoms with Crippen molar-refractivity contribution in [3.05, 3.63) is 54.7 Å². The van der Waals surface area contributed by atoms with Crippen LogP contribution in [0.2, 0.25) is 0 Å². The first-order valence-corrected chi connectivity index (χ1v) is 11.7. The van der Waals surface area contributed by atoms with Crippen molar-refractivity contribution in [3.8, 4) is 0 Å². The fraction of sp³-hybridized carbons (Fsp3) is 0.381. The highest BCUT2D eigenvalue weighted by Gasteiger charge is 2.40. The Kier molecular flexibility index (Phi) is 6.19. The van der Waals surface area contributed by atoms with Gasteiger partial charge in [0.2, 0.25) is 21.8 Å². The third-order valence-electron chi connectivity index (χ3n) is 5.61. The van der Waals surface area contributed by atoms with E-state index in [1.54, 1.807) is 29.3 Å². The van der Waals surface area contributed by atoms with E-state index in [2.05, 4.69) is 15.2 Å². The zero-order chi connectivity index (χ0) is 21.8. The van der Waals surface area contributed by atoms with E-state index >= 15 is 0 Å². The van der Waals surface area contributed by atoms with Gasteiger partial charge in [-0.1, -0.05) is 24.3 Å². The molecule has 0 unspecified atom stereocenters. The molecular weight excluding hydrogens is 418 g/mol. The first-order valence-electron chi connectivity index (χ1n) is 10.3. The molecule has 2 amide bonds. The minimum atomic E-state index is -3.88. The standard InChI is InChI=1S/C21H25N5O4S/c27-20(25-14-12-24(13-15-25)19-8-4-5-9-22-19)16-18-21(28)23-10-11-26(18)31(29,30)17-6-2-1-3-7-17/h1-9,18H,10-16H2,(H,23,28)/t18-/m1/s1. The van der Waals surface area contributed by atoms with Crippen molar-refractivity contribution >= 4 is 27.7 Å². The van der Waals surface area contributed by atoms with E-state index in [9.17, 15) is 18.0 Å². The number of hydrogen-bond acceptors (Lipinski definition) is 6. The van der Waals surface area contributed by atoms with Gasteiger partial charge < -0.3 is 15.1 Å². The minimum absolute atomic E-state index is 0.117. The molecule has 1 aromatic heterocycles. The molecule has 0 saturated carbocycles. The second kappa shape index (κ2) is 9.03. The van der Waals surface area contributed by atoms with Crippen molar-refractivity contribution in [2.45, 2.75) is 17.4 Å². The van der Waals surface area contributed by atoms with E-state index in [0.29, 0.717) is 26.2 Å². The quantitative estimate of drug-likeness (QED) is 0.714. The molecule has 1 atom stereocenters. The lowest BCUT2D eigenvalue weighted by molar-refractivity contribution is -0.137. The number of carbonyl (C=O) groups excluding carboxylic acids is 2. The lowest BCUT2D eigenvalue weighted by Gasteiger charge is -2.38. The molecule has 4 rings (SSSR count). The number of benzene rings is 1. The SMILES string of the molecule is O=C1NCCN(S(=O)(=O)c2ccccc2)[C@@H]1CC(=O)N1CCN(c2ccccn2)CC1. The fourth-order valence-electron chi connectivity index (χ4n) is 3.92. The first-order chi connectivity index (χ1) is 15.0. The molecule has 2 aliphatic heterocycles. The van der Waals surface area contributed by atoms with Crippen LogP contribution in [-0.4, -0.2) is 79.7 Å². The monoisotopic (exact) mass is 443 g/mol. The number of nitrogens with one attached hydrogen (secondary N) is 1. The zero-order valence-corrected chi connectivity index (χ0v) is 17.9. The van der Waals surface area contributed by atoms with Gasteiger partial charge in [-0.15, -0.1) is 0 Å². The molecule has 31 heavy (non-hydrogen) atoms. The lowest BCUT2D eigenvalue weighted by Crippen LogP contribution is -2.59. The van der Waals surface area contributed by atoms with Gasteiger partial charge in [-0.2, -0.15) is 4.31 Å². The second-order valence-corrected chi connectivity index (χ2v) is 9.39. The molecule has 1 aromatic carbocycles. The summed E-state index contributed by atoms with van der Waals surface area (Å²) in [4.78, 5) is 33.7. The Labute approximate surface area is 181 Å². The van der Waals surface area contributed by atoms with Crippen molar-refractivity contribution in [3.63, 3.8) is 0 Å². The number of nitrogens with zero attached hydrogens (tertiary/aromatic N) is 4. The Hall–Kier alpha value is -2.98. The number of amides is 2. The van der Waals surface area contributed by atoms with Gasteiger partial charge in [-0.05, 0) is 24.3 Å². The van der Waals surface area contributed by atoms with Gasteiger partial charge in [0.05, 0.1) is 11.3 Å². The van der Waals surface area contributed by atoms with Crippen molar-refractivity contribution in [1.29, 1.82) is 0 Å². The number of anilines is 1. The molecule has 0 spiro atoms. The molecule has 0 bridgehead atoms. The van der Waals surface area contributed by atoms with Gasteiger partial charge in [0.25, 0.3) is 0 Å². The molecule has 0 radical (unpaired) electrons. The number of piperazine rings is 2. The number of pyridine rings is 1. The predicted octanol–water partition coefficient (Wildman–Crippen LogP) is 0.310. The van der Waals surface area contributed by atoms with E-state index in [4.69, 9.17) is 0 Å². The van der Waals surface area contributed by atoms with E-state index in [1.165, 1.54) is 12.1 Å². The number of hydrogen-bond donors (Lipinski definition) is 1. The van der Waals surface area contributed by atoms with Crippen molar-refractivity contribution in [2.75, 3.05) is 44.2 Å². The summed E-state index contributed by atoms with van der Waals surface area (Å²) < 4.78 is 27.4. The normalized spacial score (nSPS) is 20.4. The summed E-state index contributed by atoms with van der Waals surface area (Å²) in [5.74, 6) is 0.198. The summed E-state index contributed by atoms with van der Waals surface area (Å²) in [5, 5.41) is 2.69.